The van der Waals surface area contributed by atoms with Gasteiger partial charge in [-0.25, -0.2) is 4.98 Å². The quantitative estimate of drug-likeness (QED) is 0.596. The van der Waals surface area contributed by atoms with Crippen molar-refractivity contribution in [3.8, 4) is 34.6 Å². The predicted molar refractivity (Wildman–Crippen MR) is 119 cm³/mol. The zero-order valence-electron chi connectivity index (χ0n) is 17.9. The number of aromatic amines is 1. The van der Waals surface area contributed by atoms with Crippen LogP contribution in [0.1, 0.15) is 17.5 Å². The van der Waals surface area contributed by atoms with E-state index >= 15 is 0 Å². The highest BCUT2D eigenvalue weighted by Crippen LogP contribution is 2.35. The van der Waals surface area contributed by atoms with Crippen LogP contribution in [0.4, 0.5) is 0 Å². The fourth-order valence-electron chi connectivity index (χ4n) is 3.76. The molecule has 0 atom stereocenters. The molecule has 0 bridgehead atoms. The average molecular weight is 421 g/mol. The molecule has 162 valence electrons. The second kappa shape index (κ2) is 9.84. The second-order valence-corrected chi connectivity index (χ2v) is 7.36. The normalized spacial score (nSPS) is 14.3. The van der Waals surface area contributed by atoms with Crippen molar-refractivity contribution in [1.82, 2.24) is 14.9 Å². The summed E-state index contributed by atoms with van der Waals surface area (Å²) < 4.78 is 16.5. The highest BCUT2D eigenvalue weighted by molar-refractivity contribution is 5.89. The van der Waals surface area contributed by atoms with Crippen molar-refractivity contribution in [3.63, 3.8) is 0 Å². The molecule has 1 aliphatic heterocycles. The molecular formula is C24H27N3O4. The number of aliphatic hydroxyl groups is 1. The second-order valence-electron chi connectivity index (χ2n) is 7.36. The molecule has 0 saturated carbocycles. The standard InChI is InChI=1S/C24H27N3O4/c1-29-19-12-18(13-20(14-19)30-2)23-22(16-27-6-9-31-10-7-27)21-11-17(5-3-4-8-28)15-25-24(21)26-23/h11-15,28H,4,6-10,16H2,1-2H3,(H,25,26). The molecule has 3 heterocycles. The first-order chi connectivity index (χ1) is 15.2. The Hall–Kier alpha value is -3.05. The summed E-state index contributed by atoms with van der Waals surface area (Å²) in [6.45, 7) is 4.07. The van der Waals surface area contributed by atoms with E-state index < -0.39 is 0 Å². The van der Waals surface area contributed by atoms with E-state index in [4.69, 9.17) is 19.3 Å². The maximum atomic E-state index is 9.00. The van der Waals surface area contributed by atoms with E-state index in [9.17, 15) is 0 Å². The summed E-state index contributed by atoms with van der Waals surface area (Å²) in [5.41, 5.74) is 4.77. The average Bonchev–Trinajstić information content (AvgIpc) is 3.17. The summed E-state index contributed by atoms with van der Waals surface area (Å²) in [4.78, 5) is 10.5. The number of nitrogens with one attached hydrogen (secondary N) is 1. The lowest BCUT2D eigenvalue weighted by Crippen LogP contribution is -2.35. The molecule has 0 spiro atoms. The van der Waals surface area contributed by atoms with Crippen LogP contribution in [0.5, 0.6) is 11.5 Å². The Bertz CT molecular complexity index is 1080. The van der Waals surface area contributed by atoms with Gasteiger partial charge in [0.05, 0.1) is 39.7 Å². The van der Waals surface area contributed by atoms with Gasteiger partial charge in [-0.1, -0.05) is 11.8 Å². The van der Waals surface area contributed by atoms with E-state index in [2.05, 4.69) is 32.8 Å². The predicted octanol–water partition coefficient (Wildman–Crippen LogP) is 2.81. The van der Waals surface area contributed by atoms with E-state index in [0.29, 0.717) is 6.42 Å². The number of nitrogens with zero attached hydrogens (tertiary/aromatic N) is 2. The largest absolute Gasteiger partial charge is 0.497 e. The maximum absolute atomic E-state index is 9.00. The monoisotopic (exact) mass is 421 g/mol. The first-order valence-corrected chi connectivity index (χ1v) is 10.4. The van der Waals surface area contributed by atoms with E-state index in [-0.39, 0.29) is 6.61 Å². The Morgan fingerprint density at radius 2 is 1.87 bits per heavy atom. The van der Waals surface area contributed by atoms with Crippen LogP contribution in [0.3, 0.4) is 0 Å². The molecule has 1 aliphatic rings. The van der Waals surface area contributed by atoms with Crippen LogP contribution in [0.25, 0.3) is 22.3 Å². The number of methoxy groups -OCH3 is 2. The van der Waals surface area contributed by atoms with Crippen LogP contribution in [0.15, 0.2) is 30.5 Å². The van der Waals surface area contributed by atoms with Gasteiger partial charge in [0, 0.05) is 60.4 Å². The first-order valence-electron chi connectivity index (χ1n) is 10.4. The van der Waals surface area contributed by atoms with E-state index in [1.165, 1.54) is 0 Å². The summed E-state index contributed by atoms with van der Waals surface area (Å²) in [6, 6.07) is 7.93. The van der Waals surface area contributed by atoms with E-state index in [1.54, 1.807) is 20.4 Å². The van der Waals surface area contributed by atoms with Gasteiger partial charge in [0.25, 0.3) is 0 Å². The molecule has 0 aliphatic carbocycles. The Morgan fingerprint density at radius 1 is 1.13 bits per heavy atom. The van der Waals surface area contributed by atoms with Crippen molar-refractivity contribution in [3.05, 3.63) is 41.6 Å². The minimum Gasteiger partial charge on any atom is -0.497 e. The van der Waals surface area contributed by atoms with Crippen molar-refractivity contribution in [2.24, 2.45) is 0 Å². The fourth-order valence-corrected chi connectivity index (χ4v) is 3.76. The Labute approximate surface area is 182 Å². The van der Waals surface area contributed by atoms with Gasteiger partial charge in [-0.3, -0.25) is 4.90 Å². The molecule has 1 saturated heterocycles. The van der Waals surface area contributed by atoms with Crippen molar-refractivity contribution in [2.45, 2.75) is 13.0 Å². The number of morpholine rings is 1. The smallest absolute Gasteiger partial charge is 0.138 e. The minimum absolute atomic E-state index is 0.0525. The third-order valence-electron chi connectivity index (χ3n) is 5.35. The van der Waals surface area contributed by atoms with Crippen LogP contribution < -0.4 is 9.47 Å². The molecule has 0 amide bonds. The first kappa shape index (κ1) is 21.2. The molecule has 2 aromatic heterocycles. The lowest BCUT2D eigenvalue weighted by Gasteiger charge is -2.26. The summed E-state index contributed by atoms with van der Waals surface area (Å²) in [7, 11) is 3.30. The van der Waals surface area contributed by atoms with Crippen molar-refractivity contribution in [2.75, 3.05) is 47.1 Å². The molecule has 4 rings (SSSR count). The minimum atomic E-state index is 0.0525. The summed E-state index contributed by atoms with van der Waals surface area (Å²) in [5.74, 6) is 7.53. The molecule has 7 nitrogen and oxygen atoms in total. The molecule has 0 unspecified atom stereocenters. The molecule has 31 heavy (non-hydrogen) atoms. The van der Waals surface area contributed by atoms with Crippen molar-refractivity contribution in [1.29, 1.82) is 0 Å². The van der Waals surface area contributed by atoms with Crippen LogP contribution >= 0.6 is 0 Å². The van der Waals surface area contributed by atoms with Crippen molar-refractivity contribution >= 4 is 11.0 Å². The number of benzene rings is 1. The number of hydrogen-bond acceptors (Lipinski definition) is 6. The Balaban J connectivity index is 1.83. The van der Waals surface area contributed by atoms with Crippen LogP contribution in [0, 0.1) is 11.8 Å². The van der Waals surface area contributed by atoms with Gasteiger partial charge in [-0.2, -0.15) is 0 Å². The van der Waals surface area contributed by atoms with E-state index in [1.807, 2.05) is 18.2 Å². The van der Waals surface area contributed by atoms with Gasteiger partial charge in [-0.05, 0) is 18.2 Å². The molecule has 3 aromatic rings. The topological polar surface area (TPSA) is 79.8 Å². The Kier molecular flexibility index (Phi) is 6.73. The number of fused-ring (bicyclic) bond motifs is 1. The van der Waals surface area contributed by atoms with Gasteiger partial charge >= 0.3 is 0 Å². The Morgan fingerprint density at radius 3 is 2.55 bits per heavy atom. The van der Waals surface area contributed by atoms with E-state index in [0.717, 1.165) is 77.8 Å². The molecular weight excluding hydrogens is 394 g/mol. The summed E-state index contributed by atoms with van der Waals surface area (Å²) in [5, 5.41) is 10.0. The van der Waals surface area contributed by atoms with Crippen LogP contribution in [0.2, 0.25) is 0 Å². The molecule has 1 fully saturated rings. The lowest BCUT2D eigenvalue weighted by molar-refractivity contribution is 0.0344. The molecule has 2 N–H and O–H groups in total. The van der Waals surface area contributed by atoms with Crippen LogP contribution in [-0.2, 0) is 11.3 Å². The van der Waals surface area contributed by atoms with Gasteiger partial charge in [0.15, 0.2) is 0 Å². The third-order valence-corrected chi connectivity index (χ3v) is 5.35. The lowest BCUT2D eigenvalue weighted by atomic mass is 10.0. The molecule has 7 heteroatoms. The zero-order valence-corrected chi connectivity index (χ0v) is 17.9. The maximum Gasteiger partial charge on any atom is 0.138 e. The number of H-pyrrole nitrogens is 1. The van der Waals surface area contributed by atoms with Crippen molar-refractivity contribution < 1.29 is 19.3 Å². The summed E-state index contributed by atoms with van der Waals surface area (Å²) >= 11 is 0. The number of ether oxygens (including phenoxy) is 3. The number of pyridine rings is 1. The summed E-state index contributed by atoms with van der Waals surface area (Å²) in [6.07, 6.45) is 2.21. The highest BCUT2D eigenvalue weighted by atomic mass is 16.5. The fraction of sp³-hybridized carbons (Fsp3) is 0.375. The number of aromatic nitrogens is 2. The third kappa shape index (κ3) is 4.83. The van der Waals surface area contributed by atoms with Gasteiger partial charge in [-0.15, -0.1) is 0 Å². The molecule has 0 radical (unpaired) electrons. The number of rotatable bonds is 6. The molecule has 1 aromatic carbocycles. The van der Waals surface area contributed by atoms with Gasteiger partial charge in [0.2, 0.25) is 0 Å². The number of aliphatic hydroxyl groups excluding tert-OH is 1. The zero-order chi connectivity index (χ0) is 21.6. The number of hydrogen-bond donors (Lipinski definition) is 2. The van der Waals surface area contributed by atoms with Gasteiger partial charge < -0.3 is 24.3 Å². The van der Waals surface area contributed by atoms with Gasteiger partial charge in [0.1, 0.15) is 17.1 Å². The SMILES string of the molecule is COc1cc(OC)cc(-c2[nH]c3ncc(C#CCCO)cc3c2CN2CCOCC2)c1. The highest BCUT2D eigenvalue weighted by Gasteiger charge is 2.20. The van der Waals surface area contributed by atoms with Crippen LogP contribution in [-0.4, -0.2) is 67.1 Å².